The molecular weight excluding hydrogens is 329 g/mol. The summed E-state index contributed by atoms with van der Waals surface area (Å²) in [5.41, 5.74) is 0.633. The summed E-state index contributed by atoms with van der Waals surface area (Å²) in [6.45, 7) is 0.313. The summed E-state index contributed by atoms with van der Waals surface area (Å²) in [7, 11) is -2.71. The van der Waals surface area contributed by atoms with Gasteiger partial charge in [0.15, 0.2) is 0 Å². The van der Waals surface area contributed by atoms with Crippen LogP contribution in [0.4, 0.5) is 4.39 Å². The van der Waals surface area contributed by atoms with Crippen molar-refractivity contribution >= 4 is 21.6 Å². The summed E-state index contributed by atoms with van der Waals surface area (Å²) in [6, 6.07) is 3.73. The molecule has 2 rings (SSSR count). The summed E-state index contributed by atoms with van der Waals surface area (Å²) in [4.78, 5) is -0.532. The molecule has 0 bridgehead atoms. The van der Waals surface area contributed by atoms with Gasteiger partial charge in [-0.15, -0.1) is 6.42 Å². The van der Waals surface area contributed by atoms with Crippen molar-refractivity contribution in [1.29, 1.82) is 0 Å². The van der Waals surface area contributed by atoms with Gasteiger partial charge in [0.2, 0.25) is 10.0 Å². The van der Waals surface area contributed by atoms with Crippen LogP contribution in [0, 0.1) is 18.2 Å². The zero-order chi connectivity index (χ0) is 16.3. The average molecular weight is 342 g/mol. The highest BCUT2D eigenvalue weighted by molar-refractivity contribution is 7.89. The maximum atomic E-state index is 13.8. The highest BCUT2D eigenvalue weighted by Gasteiger charge is 2.27. The van der Waals surface area contributed by atoms with Crippen LogP contribution in [-0.4, -0.2) is 29.6 Å². The first-order valence-corrected chi connectivity index (χ1v) is 8.03. The summed E-state index contributed by atoms with van der Waals surface area (Å²) in [5, 5.41) is 3.84. The molecule has 1 heterocycles. The van der Waals surface area contributed by atoms with E-state index in [1.807, 2.05) is 0 Å². The lowest BCUT2D eigenvalue weighted by molar-refractivity contribution is 0.460. The molecule has 0 amide bonds. The quantitative estimate of drug-likeness (QED) is 0.783. The van der Waals surface area contributed by atoms with Gasteiger partial charge in [0.1, 0.15) is 17.3 Å². The van der Waals surface area contributed by atoms with Crippen molar-refractivity contribution < 1.29 is 12.8 Å². The van der Waals surface area contributed by atoms with Crippen molar-refractivity contribution in [2.24, 2.45) is 0 Å². The van der Waals surface area contributed by atoms with Crippen molar-refractivity contribution in [2.45, 2.75) is 18.0 Å². The molecule has 0 aliphatic carbocycles. The van der Waals surface area contributed by atoms with Gasteiger partial charge in [-0.2, -0.15) is 9.40 Å². The van der Waals surface area contributed by atoms with Crippen molar-refractivity contribution in [2.75, 3.05) is 7.05 Å². The minimum Gasteiger partial charge on any atom is -0.260 e. The third-order valence-electron chi connectivity index (χ3n) is 2.93. The van der Waals surface area contributed by atoms with Crippen molar-refractivity contribution in [3.63, 3.8) is 0 Å². The Balaban J connectivity index is 2.27. The van der Waals surface area contributed by atoms with Gasteiger partial charge in [0.05, 0.1) is 11.2 Å². The molecule has 0 N–H and O–H groups in total. The standard InChI is InChI=1S/C14H13ClFN3O2S/c1-3-7-19-10-11(8-17-19)9-18(2)22(20,21)14-12(15)5-4-6-13(14)16/h1,4-6,8,10H,7,9H2,2H3. The Labute approximate surface area is 133 Å². The summed E-state index contributed by atoms with van der Waals surface area (Å²) in [6.07, 6.45) is 8.32. The number of rotatable bonds is 5. The van der Waals surface area contributed by atoms with E-state index >= 15 is 0 Å². The molecule has 1 aromatic carbocycles. The molecule has 116 valence electrons. The molecule has 0 aliphatic heterocycles. The Hall–Kier alpha value is -1.88. The van der Waals surface area contributed by atoms with Crippen LogP contribution in [0.15, 0.2) is 35.5 Å². The summed E-state index contributed by atoms with van der Waals surface area (Å²) >= 11 is 5.82. The first-order valence-electron chi connectivity index (χ1n) is 6.21. The first kappa shape index (κ1) is 16.5. The number of terminal acetylenes is 1. The van der Waals surface area contributed by atoms with E-state index in [2.05, 4.69) is 11.0 Å². The van der Waals surface area contributed by atoms with Crippen LogP contribution in [-0.2, 0) is 23.1 Å². The topological polar surface area (TPSA) is 55.2 Å². The molecule has 0 saturated heterocycles. The molecule has 0 atom stereocenters. The predicted molar refractivity (Wildman–Crippen MR) is 81.1 cm³/mol. The zero-order valence-corrected chi connectivity index (χ0v) is 13.3. The normalized spacial score (nSPS) is 11.6. The zero-order valence-electron chi connectivity index (χ0n) is 11.7. The van der Waals surface area contributed by atoms with Gasteiger partial charge in [0, 0.05) is 25.4 Å². The van der Waals surface area contributed by atoms with E-state index < -0.39 is 20.7 Å². The Morgan fingerprint density at radius 2 is 2.23 bits per heavy atom. The minimum absolute atomic E-state index is 0.0254. The molecule has 0 aliphatic rings. The molecule has 0 radical (unpaired) electrons. The van der Waals surface area contributed by atoms with Gasteiger partial charge in [-0.25, -0.2) is 12.8 Å². The Bertz CT molecular complexity index is 807. The Morgan fingerprint density at radius 1 is 1.50 bits per heavy atom. The number of halogens is 2. The van der Waals surface area contributed by atoms with E-state index in [0.29, 0.717) is 5.56 Å². The van der Waals surface area contributed by atoms with Crippen LogP contribution in [0.5, 0.6) is 0 Å². The Kier molecular flexibility index (Phi) is 4.86. The number of aromatic nitrogens is 2. The lowest BCUT2D eigenvalue weighted by Gasteiger charge is -2.17. The van der Waals surface area contributed by atoms with E-state index in [-0.39, 0.29) is 18.1 Å². The van der Waals surface area contributed by atoms with Crippen molar-refractivity contribution in [3.05, 3.63) is 47.0 Å². The monoisotopic (exact) mass is 341 g/mol. The molecule has 8 heteroatoms. The third-order valence-corrected chi connectivity index (χ3v) is 5.24. The van der Waals surface area contributed by atoms with Crippen LogP contribution in [0.3, 0.4) is 0 Å². The number of benzene rings is 1. The van der Waals surface area contributed by atoms with Crippen LogP contribution < -0.4 is 0 Å². The van der Waals surface area contributed by atoms with Gasteiger partial charge in [-0.1, -0.05) is 23.6 Å². The van der Waals surface area contributed by atoms with Gasteiger partial charge < -0.3 is 0 Å². The molecule has 0 fully saturated rings. The highest BCUT2D eigenvalue weighted by Crippen LogP contribution is 2.27. The van der Waals surface area contributed by atoms with Crippen LogP contribution >= 0.6 is 11.6 Å². The lowest BCUT2D eigenvalue weighted by Crippen LogP contribution is -2.27. The SMILES string of the molecule is C#CCn1cc(CN(C)S(=O)(=O)c2c(F)cccc2Cl)cn1. The maximum absolute atomic E-state index is 13.8. The maximum Gasteiger partial charge on any atom is 0.247 e. The molecular formula is C14H13ClFN3O2S. The number of hydrogen-bond acceptors (Lipinski definition) is 3. The fourth-order valence-electron chi connectivity index (χ4n) is 1.89. The summed E-state index contributed by atoms with van der Waals surface area (Å²) < 4.78 is 41.2. The second-order valence-corrected chi connectivity index (χ2v) is 6.95. The summed E-state index contributed by atoms with van der Waals surface area (Å²) in [5.74, 6) is 1.54. The smallest absolute Gasteiger partial charge is 0.247 e. The molecule has 2 aromatic rings. The fraction of sp³-hybridized carbons (Fsp3) is 0.214. The van der Waals surface area contributed by atoms with E-state index in [4.69, 9.17) is 18.0 Å². The van der Waals surface area contributed by atoms with Gasteiger partial charge >= 0.3 is 0 Å². The average Bonchev–Trinajstić information content (AvgIpc) is 2.86. The molecule has 1 aromatic heterocycles. The molecule has 5 nitrogen and oxygen atoms in total. The van der Waals surface area contributed by atoms with E-state index in [9.17, 15) is 12.8 Å². The number of hydrogen-bond donors (Lipinski definition) is 0. The van der Waals surface area contributed by atoms with E-state index in [0.717, 1.165) is 10.4 Å². The van der Waals surface area contributed by atoms with Gasteiger partial charge in [-0.3, -0.25) is 4.68 Å². The largest absolute Gasteiger partial charge is 0.260 e. The van der Waals surface area contributed by atoms with E-state index in [1.54, 1.807) is 6.20 Å². The molecule has 0 unspecified atom stereocenters. The molecule has 0 spiro atoms. The van der Waals surface area contributed by atoms with Gasteiger partial charge in [-0.05, 0) is 12.1 Å². The van der Waals surface area contributed by atoms with Crippen LogP contribution in [0.1, 0.15) is 5.56 Å². The second kappa shape index (κ2) is 6.48. The number of sulfonamides is 1. The third kappa shape index (κ3) is 3.30. The Morgan fingerprint density at radius 3 is 2.86 bits per heavy atom. The molecule has 0 saturated carbocycles. The van der Waals surface area contributed by atoms with Crippen molar-refractivity contribution in [3.8, 4) is 12.3 Å². The predicted octanol–water partition coefficient (Wildman–Crippen LogP) is 2.13. The first-order chi connectivity index (χ1) is 10.4. The van der Waals surface area contributed by atoms with E-state index in [1.165, 1.54) is 30.1 Å². The van der Waals surface area contributed by atoms with Crippen LogP contribution in [0.2, 0.25) is 5.02 Å². The highest BCUT2D eigenvalue weighted by atomic mass is 35.5. The fourth-order valence-corrected chi connectivity index (χ4v) is 3.61. The van der Waals surface area contributed by atoms with Gasteiger partial charge in [0.25, 0.3) is 0 Å². The van der Waals surface area contributed by atoms with Crippen molar-refractivity contribution in [1.82, 2.24) is 14.1 Å². The van der Waals surface area contributed by atoms with Crippen LogP contribution in [0.25, 0.3) is 0 Å². The number of nitrogens with zero attached hydrogens (tertiary/aromatic N) is 3. The lowest BCUT2D eigenvalue weighted by atomic mass is 10.3. The minimum atomic E-state index is -4.05. The molecule has 22 heavy (non-hydrogen) atoms. The second-order valence-electron chi connectivity index (χ2n) is 4.56.